The average molecular weight is 490 g/mol. The van der Waals surface area contributed by atoms with Crippen molar-refractivity contribution in [1.29, 1.82) is 0 Å². The van der Waals surface area contributed by atoms with Crippen LogP contribution in [-0.4, -0.2) is 19.5 Å². The fourth-order valence-corrected chi connectivity index (χ4v) is 5.22. The van der Waals surface area contributed by atoms with Gasteiger partial charge in [-0.2, -0.15) is 0 Å². The Balaban J connectivity index is 1.86. The standard InChI is InChI=1S/C23H14Cl2FNO4S/c24-18-6-3-7-21(22(18)25)32(30,31)27-20-11-9-15(14-4-1-2-5-16(14)20)17-12-13(23(28)29)8-10-19(17)26/h1-12,27H,(H,28,29). The van der Waals surface area contributed by atoms with E-state index >= 15 is 0 Å². The van der Waals surface area contributed by atoms with Crippen molar-refractivity contribution < 1.29 is 22.7 Å². The molecule has 0 saturated heterocycles. The Morgan fingerprint density at radius 3 is 2.31 bits per heavy atom. The molecular weight excluding hydrogens is 476 g/mol. The van der Waals surface area contributed by atoms with E-state index in [1.807, 2.05) is 0 Å². The molecule has 0 radical (unpaired) electrons. The predicted octanol–water partition coefficient (Wildman–Crippen LogP) is 6.45. The zero-order valence-corrected chi connectivity index (χ0v) is 18.5. The molecule has 0 unspecified atom stereocenters. The normalized spacial score (nSPS) is 11.5. The number of aromatic carboxylic acids is 1. The molecule has 0 saturated carbocycles. The van der Waals surface area contributed by atoms with Gasteiger partial charge in [0, 0.05) is 10.9 Å². The SMILES string of the molecule is O=C(O)c1ccc(F)c(-c2ccc(NS(=O)(=O)c3cccc(Cl)c3Cl)c3ccccc23)c1. The number of rotatable bonds is 5. The fraction of sp³-hybridized carbons (Fsp3) is 0. The van der Waals surface area contributed by atoms with Crippen LogP contribution in [0.4, 0.5) is 10.1 Å². The molecule has 9 heteroatoms. The Labute approximate surface area is 193 Å². The predicted molar refractivity (Wildman–Crippen MR) is 124 cm³/mol. The molecule has 0 fully saturated rings. The van der Waals surface area contributed by atoms with Crippen LogP contribution >= 0.6 is 23.2 Å². The Bertz CT molecular complexity index is 1490. The number of benzene rings is 4. The number of halogens is 3. The second-order valence-corrected chi connectivity index (χ2v) is 9.30. The molecule has 4 rings (SSSR count). The maximum absolute atomic E-state index is 14.6. The first kappa shape index (κ1) is 22.1. The van der Waals surface area contributed by atoms with E-state index in [0.29, 0.717) is 16.3 Å². The molecule has 0 aliphatic carbocycles. The van der Waals surface area contributed by atoms with E-state index < -0.39 is 21.8 Å². The molecule has 0 aliphatic heterocycles. The van der Waals surface area contributed by atoms with Gasteiger partial charge in [0.1, 0.15) is 10.7 Å². The van der Waals surface area contributed by atoms with Crippen molar-refractivity contribution in [1.82, 2.24) is 0 Å². The molecule has 4 aromatic carbocycles. The molecule has 0 atom stereocenters. The minimum atomic E-state index is -4.08. The van der Waals surface area contributed by atoms with Crippen molar-refractivity contribution >= 4 is 55.7 Å². The summed E-state index contributed by atoms with van der Waals surface area (Å²) in [5.74, 6) is -1.78. The summed E-state index contributed by atoms with van der Waals surface area (Å²) >= 11 is 12.0. The van der Waals surface area contributed by atoms with Crippen molar-refractivity contribution in [2.24, 2.45) is 0 Å². The van der Waals surface area contributed by atoms with E-state index in [-0.39, 0.29) is 31.8 Å². The third-order valence-corrected chi connectivity index (χ3v) is 7.22. The van der Waals surface area contributed by atoms with Gasteiger partial charge in [-0.3, -0.25) is 4.72 Å². The number of carboxylic acid groups (broad SMARTS) is 1. The van der Waals surface area contributed by atoms with Crippen molar-refractivity contribution in [3.05, 3.63) is 94.2 Å². The average Bonchev–Trinajstić information content (AvgIpc) is 2.76. The summed E-state index contributed by atoms with van der Waals surface area (Å²) in [6.45, 7) is 0. The van der Waals surface area contributed by atoms with Gasteiger partial charge in [0.2, 0.25) is 0 Å². The first-order valence-corrected chi connectivity index (χ1v) is 11.4. The smallest absolute Gasteiger partial charge is 0.335 e. The second kappa shape index (κ2) is 8.43. The number of hydrogen-bond acceptors (Lipinski definition) is 3. The van der Waals surface area contributed by atoms with Crippen LogP contribution in [0.3, 0.4) is 0 Å². The highest BCUT2D eigenvalue weighted by Gasteiger charge is 2.21. The van der Waals surface area contributed by atoms with Crippen molar-refractivity contribution in [2.75, 3.05) is 4.72 Å². The maximum atomic E-state index is 14.6. The highest BCUT2D eigenvalue weighted by Crippen LogP contribution is 2.37. The third-order valence-electron chi connectivity index (χ3n) is 4.88. The Morgan fingerprint density at radius 2 is 1.59 bits per heavy atom. The molecule has 0 aliphatic rings. The Kier molecular flexibility index (Phi) is 5.81. The van der Waals surface area contributed by atoms with Gasteiger partial charge in [-0.1, -0.05) is 59.6 Å². The summed E-state index contributed by atoms with van der Waals surface area (Å²) in [5, 5.41) is 10.3. The summed E-state index contributed by atoms with van der Waals surface area (Å²) in [6.07, 6.45) is 0. The van der Waals surface area contributed by atoms with Crippen LogP contribution in [0, 0.1) is 5.82 Å². The number of anilines is 1. The minimum Gasteiger partial charge on any atom is -0.478 e. The molecule has 0 amide bonds. The van der Waals surface area contributed by atoms with Gasteiger partial charge >= 0.3 is 5.97 Å². The van der Waals surface area contributed by atoms with Gasteiger partial charge in [-0.15, -0.1) is 0 Å². The number of sulfonamides is 1. The van der Waals surface area contributed by atoms with Crippen LogP contribution in [-0.2, 0) is 10.0 Å². The molecule has 162 valence electrons. The third kappa shape index (κ3) is 4.02. The van der Waals surface area contributed by atoms with E-state index in [1.54, 1.807) is 24.3 Å². The molecule has 0 heterocycles. The van der Waals surface area contributed by atoms with Gasteiger partial charge in [0.05, 0.1) is 21.3 Å². The van der Waals surface area contributed by atoms with Crippen molar-refractivity contribution in [3.8, 4) is 11.1 Å². The zero-order valence-electron chi connectivity index (χ0n) is 16.1. The molecule has 0 aromatic heterocycles. The van der Waals surface area contributed by atoms with Gasteiger partial charge in [-0.05, 0) is 47.3 Å². The molecule has 5 nitrogen and oxygen atoms in total. The van der Waals surface area contributed by atoms with E-state index in [2.05, 4.69) is 4.72 Å². The summed E-state index contributed by atoms with van der Waals surface area (Å²) in [6, 6.07) is 17.6. The summed E-state index contributed by atoms with van der Waals surface area (Å²) in [4.78, 5) is 11.2. The summed E-state index contributed by atoms with van der Waals surface area (Å²) in [7, 11) is -4.08. The maximum Gasteiger partial charge on any atom is 0.335 e. The molecule has 4 aromatic rings. The fourth-order valence-electron chi connectivity index (χ4n) is 3.38. The van der Waals surface area contributed by atoms with Gasteiger partial charge in [-0.25, -0.2) is 17.6 Å². The topological polar surface area (TPSA) is 83.5 Å². The first-order chi connectivity index (χ1) is 15.2. The van der Waals surface area contributed by atoms with E-state index in [9.17, 15) is 22.7 Å². The van der Waals surface area contributed by atoms with Gasteiger partial charge < -0.3 is 5.11 Å². The first-order valence-electron chi connectivity index (χ1n) is 9.21. The Morgan fingerprint density at radius 1 is 0.875 bits per heavy atom. The van der Waals surface area contributed by atoms with Crippen LogP contribution in [0.5, 0.6) is 0 Å². The number of nitrogens with one attached hydrogen (secondary N) is 1. The lowest BCUT2D eigenvalue weighted by Gasteiger charge is -2.15. The van der Waals surface area contributed by atoms with Crippen LogP contribution in [0.1, 0.15) is 10.4 Å². The number of carboxylic acids is 1. The van der Waals surface area contributed by atoms with Crippen molar-refractivity contribution in [2.45, 2.75) is 4.90 Å². The second-order valence-electron chi connectivity index (χ2n) is 6.86. The quantitative estimate of drug-likeness (QED) is 0.337. The molecule has 2 N–H and O–H groups in total. The van der Waals surface area contributed by atoms with Gasteiger partial charge in [0.15, 0.2) is 0 Å². The lowest BCUT2D eigenvalue weighted by atomic mass is 9.95. The zero-order chi connectivity index (χ0) is 23.0. The van der Waals surface area contributed by atoms with E-state index in [4.69, 9.17) is 23.2 Å². The summed E-state index contributed by atoms with van der Waals surface area (Å²) in [5.41, 5.74) is 0.694. The van der Waals surface area contributed by atoms with Crippen LogP contribution in [0.15, 0.2) is 77.7 Å². The largest absolute Gasteiger partial charge is 0.478 e. The lowest BCUT2D eigenvalue weighted by Crippen LogP contribution is -2.14. The monoisotopic (exact) mass is 489 g/mol. The lowest BCUT2D eigenvalue weighted by molar-refractivity contribution is 0.0697. The van der Waals surface area contributed by atoms with Crippen LogP contribution in [0.25, 0.3) is 21.9 Å². The highest BCUT2D eigenvalue weighted by atomic mass is 35.5. The minimum absolute atomic E-state index is 0.0640. The van der Waals surface area contributed by atoms with Crippen LogP contribution in [0.2, 0.25) is 10.0 Å². The number of hydrogen-bond donors (Lipinski definition) is 2. The van der Waals surface area contributed by atoms with E-state index in [1.165, 1.54) is 42.5 Å². The van der Waals surface area contributed by atoms with Crippen molar-refractivity contribution in [3.63, 3.8) is 0 Å². The summed E-state index contributed by atoms with van der Waals surface area (Å²) < 4.78 is 43.0. The number of fused-ring (bicyclic) bond motifs is 1. The molecule has 32 heavy (non-hydrogen) atoms. The van der Waals surface area contributed by atoms with E-state index in [0.717, 1.165) is 6.07 Å². The molecule has 0 bridgehead atoms. The van der Waals surface area contributed by atoms with Gasteiger partial charge in [0.25, 0.3) is 10.0 Å². The number of carbonyl (C=O) groups is 1. The molecular formula is C23H14Cl2FNO4S. The molecule has 0 spiro atoms. The Hall–Kier alpha value is -3.13. The highest BCUT2D eigenvalue weighted by molar-refractivity contribution is 7.92. The van der Waals surface area contributed by atoms with Crippen LogP contribution < -0.4 is 4.72 Å².